The Bertz CT molecular complexity index is 764. The summed E-state index contributed by atoms with van der Waals surface area (Å²) in [7, 11) is 0. The van der Waals surface area contributed by atoms with Gasteiger partial charge in [-0.05, 0) is 0 Å². The molecular weight excluding hydrogens is 334 g/mol. The Morgan fingerprint density at radius 3 is 2.55 bits per heavy atom. The first kappa shape index (κ1) is 13.3. The number of halogens is 1. The van der Waals surface area contributed by atoms with Crippen molar-refractivity contribution in [3.63, 3.8) is 0 Å². The normalized spacial score (nSPS) is 14.6. The van der Waals surface area contributed by atoms with Crippen LogP contribution in [0, 0.1) is 18.6 Å². The number of rotatable bonds is 4. The molecule has 0 aliphatic carbocycles. The van der Waals surface area contributed by atoms with Crippen molar-refractivity contribution in [3.8, 4) is 11.3 Å². The van der Waals surface area contributed by atoms with Gasteiger partial charge in [0.1, 0.15) is 0 Å². The summed E-state index contributed by atoms with van der Waals surface area (Å²) >= 11 is -2.09. The molecule has 0 amide bonds. The Kier molecular flexibility index (Phi) is 3.95. The van der Waals surface area contributed by atoms with Gasteiger partial charge >= 0.3 is 140 Å². The fourth-order valence-corrected chi connectivity index (χ4v) is 6.00. The number of aromatic nitrogens is 1. The number of hydrogen-bond acceptors (Lipinski definition) is 1. The Labute approximate surface area is 140 Å². The van der Waals surface area contributed by atoms with Crippen LogP contribution in [0.25, 0.3) is 11.3 Å². The van der Waals surface area contributed by atoms with Crippen molar-refractivity contribution in [3.05, 3.63) is 47.4 Å². The zero-order valence-electron chi connectivity index (χ0n) is 17.0. The number of nitrogens with zero attached hydrogens (tertiary/aromatic N) is 1. The van der Waals surface area contributed by atoms with Gasteiger partial charge in [-0.2, -0.15) is 0 Å². The van der Waals surface area contributed by atoms with Gasteiger partial charge < -0.3 is 0 Å². The molecular formula is C19H26FGeN. The summed E-state index contributed by atoms with van der Waals surface area (Å²) < 4.78 is 38.1. The van der Waals surface area contributed by atoms with Crippen LogP contribution >= 0.6 is 0 Å². The van der Waals surface area contributed by atoms with Crippen LogP contribution in [-0.4, -0.2) is 18.3 Å². The van der Waals surface area contributed by atoms with Crippen LogP contribution in [0.15, 0.2) is 30.5 Å². The van der Waals surface area contributed by atoms with Crippen LogP contribution in [-0.2, 0) is 6.42 Å². The summed E-state index contributed by atoms with van der Waals surface area (Å²) in [6, 6.07) is 5.93. The molecule has 0 fully saturated rings. The fourth-order valence-electron chi connectivity index (χ4n) is 2.67. The third-order valence-corrected chi connectivity index (χ3v) is 8.02. The van der Waals surface area contributed by atoms with Gasteiger partial charge in [0, 0.05) is 0 Å². The first-order valence-electron chi connectivity index (χ1n) is 9.19. The molecule has 1 nitrogen and oxygen atoms in total. The fraction of sp³-hybridized carbons (Fsp3) is 0.421. The third-order valence-electron chi connectivity index (χ3n) is 3.68. The summed E-state index contributed by atoms with van der Waals surface area (Å²) in [5, 5.41) is 0. The molecule has 0 N–H and O–H groups in total. The van der Waals surface area contributed by atoms with Crippen molar-refractivity contribution < 1.29 is 8.50 Å². The molecule has 0 atom stereocenters. The van der Waals surface area contributed by atoms with Crippen molar-refractivity contribution in [1.29, 1.82) is 0 Å². The van der Waals surface area contributed by atoms with Crippen LogP contribution < -0.4 is 4.40 Å². The third kappa shape index (κ3) is 3.98. The summed E-state index contributed by atoms with van der Waals surface area (Å²) in [4.78, 5) is 4.56. The molecule has 2 aromatic rings. The Morgan fingerprint density at radius 1 is 1.23 bits per heavy atom. The molecule has 1 aromatic heterocycles. The van der Waals surface area contributed by atoms with Crippen LogP contribution in [0.4, 0.5) is 4.39 Å². The van der Waals surface area contributed by atoms with Crippen LogP contribution in [0.2, 0.25) is 17.3 Å². The van der Waals surface area contributed by atoms with E-state index < -0.39 is 25.9 Å². The molecule has 2 rings (SSSR count). The molecule has 0 aliphatic rings. The molecule has 22 heavy (non-hydrogen) atoms. The summed E-state index contributed by atoms with van der Waals surface area (Å²) in [5.41, 5.74) is 2.35. The van der Waals surface area contributed by atoms with E-state index in [4.69, 9.17) is 4.11 Å². The minimum atomic E-state index is -2.38. The SMILES string of the molecule is [2H]C([2H])([2H])c1cc(F)ccc1-c1cc(CC(C)C)[c]([Ge]([CH3])([CH3])[CH3])cn1. The van der Waals surface area contributed by atoms with Gasteiger partial charge in [0.05, 0.1) is 0 Å². The number of aryl methyl sites for hydroxylation is 1. The zero-order chi connectivity index (χ0) is 19.0. The van der Waals surface area contributed by atoms with E-state index in [0.29, 0.717) is 17.2 Å². The van der Waals surface area contributed by atoms with Gasteiger partial charge in [0.15, 0.2) is 0 Å². The predicted molar refractivity (Wildman–Crippen MR) is 95.9 cm³/mol. The number of pyridine rings is 1. The van der Waals surface area contributed by atoms with Crippen LogP contribution in [0.5, 0.6) is 0 Å². The predicted octanol–water partition coefficient (Wildman–Crippen LogP) is 4.94. The Balaban J connectivity index is 2.65. The summed E-state index contributed by atoms with van der Waals surface area (Å²) in [5.74, 6) is 6.93. The number of benzene rings is 1. The molecule has 0 radical (unpaired) electrons. The maximum absolute atomic E-state index is 13.6. The summed E-state index contributed by atoms with van der Waals surface area (Å²) in [6.07, 6.45) is 2.84. The maximum atomic E-state index is 13.6. The van der Waals surface area contributed by atoms with Crippen molar-refractivity contribution in [2.45, 2.75) is 44.4 Å². The molecule has 0 bridgehead atoms. The van der Waals surface area contributed by atoms with Crippen LogP contribution in [0.3, 0.4) is 0 Å². The van der Waals surface area contributed by atoms with E-state index in [1.165, 1.54) is 22.1 Å². The second-order valence-corrected chi connectivity index (χ2v) is 17.8. The van der Waals surface area contributed by atoms with Crippen molar-refractivity contribution >= 4 is 17.7 Å². The molecule has 1 heterocycles. The van der Waals surface area contributed by atoms with Gasteiger partial charge in [0.25, 0.3) is 0 Å². The molecule has 1 aromatic carbocycles. The van der Waals surface area contributed by atoms with Gasteiger partial charge in [-0.1, -0.05) is 0 Å². The summed E-state index contributed by atoms with van der Waals surface area (Å²) in [6.45, 7) is 1.97. The standard InChI is InChI=1S/C19H26FGeN/c1-13(2)9-15-11-19(22-12-18(15)21(4,5)6)17-8-7-16(20)10-14(17)3/h7-8,10-13H,9H2,1-6H3/i3D3. The molecule has 0 saturated heterocycles. The Morgan fingerprint density at radius 2 is 1.95 bits per heavy atom. The Hall–Kier alpha value is -1.16. The van der Waals surface area contributed by atoms with Gasteiger partial charge in [-0.25, -0.2) is 0 Å². The van der Waals surface area contributed by atoms with Crippen molar-refractivity contribution in [2.75, 3.05) is 0 Å². The molecule has 0 saturated carbocycles. The van der Waals surface area contributed by atoms with E-state index in [1.54, 1.807) is 0 Å². The molecule has 0 unspecified atom stereocenters. The van der Waals surface area contributed by atoms with E-state index in [0.717, 1.165) is 12.5 Å². The van der Waals surface area contributed by atoms with Gasteiger partial charge in [0.2, 0.25) is 0 Å². The second kappa shape index (κ2) is 6.53. The quantitative estimate of drug-likeness (QED) is 0.702. The molecule has 0 aliphatic heterocycles. The van der Waals surface area contributed by atoms with E-state index in [2.05, 4.69) is 36.1 Å². The molecule has 118 valence electrons. The van der Waals surface area contributed by atoms with E-state index >= 15 is 0 Å². The van der Waals surface area contributed by atoms with E-state index in [1.807, 2.05) is 12.3 Å². The number of hydrogen-bond donors (Lipinski definition) is 0. The second-order valence-electron chi connectivity index (χ2n) is 7.26. The first-order chi connectivity index (χ1) is 11.4. The monoisotopic (exact) mass is 364 g/mol. The first-order valence-corrected chi connectivity index (χ1v) is 15.0. The molecule has 3 heteroatoms. The van der Waals surface area contributed by atoms with Crippen molar-refractivity contribution in [1.82, 2.24) is 4.98 Å². The van der Waals surface area contributed by atoms with Gasteiger partial charge in [-0.15, -0.1) is 0 Å². The average Bonchev–Trinajstić information content (AvgIpc) is 2.44. The topological polar surface area (TPSA) is 12.9 Å². The van der Waals surface area contributed by atoms with E-state index in [-0.39, 0.29) is 5.56 Å². The van der Waals surface area contributed by atoms with Crippen molar-refractivity contribution in [2.24, 2.45) is 5.92 Å². The van der Waals surface area contributed by atoms with Gasteiger partial charge in [-0.3, -0.25) is 0 Å². The van der Waals surface area contributed by atoms with E-state index in [9.17, 15) is 4.39 Å². The zero-order valence-corrected chi connectivity index (χ0v) is 16.1. The minimum absolute atomic E-state index is 0.0144. The average molecular weight is 363 g/mol. The molecule has 0 spiro atoms. The van der Waals surface area contributed by atoms with Crippen LogP contribution in [0.1, 0.15) is 29.1 Å².